The Morgan fingerprint density at radius 3 is 2.48 bits per heavy atom. The largest absolute Gasteiger partial charge is 0.278 e. The maximum Gasteiger partial charge on any atom is 0.264 e. The summed E-state index contributed by atoms with van der Waals surface area (Å²) in [7, 11) is 0. The zero-order valence-electron chi connectivity index (χ0n) is 11.4. The Balaban J connectivity index is 2.53. The van der Waals surface area contributed by atoms with Crippen LogP contribution in [0.5, 0.6) is 0 Å². The number of para-hydroxylation sites is 1. The lowest BCUT2D eigenvalue weighted by Gasteiger charge is -2.15. The number of fused-ring (bicyclic) bond motifs is 1. The highest BCUT2D eigenvalue weighted by Crippen LogP contribution is 2.26. The maximum atomic E-state index is 14.8. The van der Waals surface area contributed by atoms with Crippen LogP contribution in [0.2, 0.25) is 5.02 Å². The lowest BCUT2D eigenvalue weighted by atomic mass is 10.1. The molecule has 106 valence electrons. The summed E-state index contributed by atoms with van der Waals surface area (Å²) in [5.74, 6) is -0.390. The van der Waals surface area contributed by atoms with Gasteiger partial charge in [0.1, 0.15) is 0 Å². The molecule has 21 heavy (non-hydrogen) atoms. The number of pyridine rings is 1. The van der Waals surface area contributed by atoms with Crippen molar-refractivity contribution in [3.63, 3.8) is 0 Å². The van der Waals surface area contributed by atoms with Gasteiger partial charge < -0.3 is 0 Å². The fourth-order valence-electron chi connectivity index (χ4n) is 2.58. The van der Waals surface area contributed by atoms with Crippen molar-refractivity contribution in [2.24, 2.45) is 0 Å². The van der Waals surface area contributed by atoms with Crippen LogP contribution in [0.25, 0.3) is 16.5 Å². The van der Waals surface area contributed by atoms with E-state index in [0.29, 0.717) is 17.8 Å². The first-order valence-corrected chi connectivity index (χ1v) is 7.10. The van der Waals surface area contributed by atoms with E-state index in [1.54, 1.807) is 30.3 Å². The van der Waals surface area contributed by atoms with Crippen molar-refractivity contribution in [2.75, 3.05) is 0 Å². The summed E-state index contributed by atoms with van der Waals surface area (Å²) in [6.45, 7) is 1.83. The molecule has 0 atom stereocenters. The van der Waals surface area contributed by atoms with Gasteiger partial charge in [0.25, 0.3) is 5.56 Å². The molecule has 0 aliphatic heterocycles. The molecule has 3 rings (SSSR count). The Labute approximate surface area is 126 Å². The summed E-state index contributed by atoms with van der Waals surface area (Å²) < 4.78 is 16.2. The lowest BCUT2D eigenvalue weighted by Crippen LogP contribution is -2.24. The van der Waals surface area contributed by atoms with E-state index >= 15 is 0 Å². The second kappa shape index (κ2) is 5.34. The van der Waals surface area contributed by atoms with Crippen molar-refractivity contribution in [1.82, 2.24) is 4.57 Å². The summed E-state index contributed by atoms with van der Waals surface area (Å²) in [6, 6.07) is 13.9. The Morgan fingerprint density at radius 2 is 1.81 bits per heavy atom. The number of rotatable bonds is 2. The average molecular weight is 302 g/mol. The van der Waals surface area contributed by atoms with Gasteiger partial charge in [0.05, 0.1) is 16.1 Å². The van der Waals surface area contributed by atoms with E-state index in [-0.39, 0.29) is 21.4 Å². The minimum Gasteiger partial charge on any atom is -0.278 e. The van der Waals surface area contributed by atoms with E-state index in [9.17, 15) is 9.18 Å². The van der Waals surface area contributed by atoms with Gasteiger partial charge in [0, 0.05) is 11.1 Å². The van der Waals surface area contributed by atoms with Crippen molar-refractivity contribution < 1.29 is 4.39 Å². The summed E-state index contributed by atoms with van der Waals surface area (Å²) >= 11 is 6.11. The van der Waals surface area contributed by atoms with Crippen molar-refractivity contribution in [2.45, 2.75) is 13.3 Å². The Morgan fingerprint density at radius 1 is 1.10 bits per heavy atom. The number of hydrogen-bond acceptors (Lipinski definition) is 1. The molecule has 2 aromatic carbocycles. The first-order valence-electron chi connectivity index (χ1n) is 6.72. The van der Waals surface area contributed by atoms with Gasteiger partial charge in [-0.2, -0.15) is 0 Å². The standard InChI is InChI=1S/C17H13ClFNO/c1-2-14-16(19)12-9-6-10-13(18)15(12)17(21)20(14)11-7-4-3-5-8-11/h3-10H,2H2,1H3. The number of halogens is 2. The van der Waals surface area contributed by atoms with E-state index in [0.717, 1.165) is 0 Å². The second-order valence-corrected chi connectivity index (χ2v) is 5.16. The summed E-state index contributed by atoms with van der Waals surface area (Å²) in [5, 5.41) is 0.762. The molecule has 0 aliphatic carbocycles. The van der Waals surface area contributed by atoms with E-state index in [2.05, 4.69) is 0 Å². The second-order valence-electron chi connectivity index (χ2n) is 4.75. The average Bonchev–Trinajstić information content (AvgIpc) is 2.51. The summed E-state index contributed by atoms with van der Waals surface area (Å²) in [4.78, 5) is 12.8. The molecule has 0 N–H and O–H groups in total. The molecule has 0 amide bonds. The molecule has 0 unspecified atom stereocenters. The summed E-state index contributed by atoms with van der Waals surface area (Å²) in [5.41, 5.74) is 0.709. The van der Waals surface area contributed by atoms with Crippen LogP contribution in [0.3, 0.4) is 0 Å². The van der Waals surface area contributed by atoms with Gasteiger partial charge in [-0.05, 0) is 24.6 Å². The van der Waals surface area contributed by atoms with Gasteiger partial charge in [0.15, 0.2) is 5.82 Å². The molecule has 0 radical (unpaired) electrons. The minimum absolute atomic E-state index is 0.220. The van der Waals surface area contributed by atoms with Crippen LogP contribution < -0.4 is 5.56 Å². The fraction of sp³-hybridized carbons (Fsp3) is 0.118. The molecule has 1 aromatic heterocycles. The highest BCUT2D eigenvalue weighted by molar-refractivity contribution is 6.35. The van der Waals surface area contributed by atoms with Crippen LogP contribution in [0, 0.1) is 5.82 Å². The normalized spacial score (nSPS) is 11.0. The maximum absolute atomic E-state index is 14.8. The highest BCUT2D eigenvalue weighted by Gasteiger charge is 2.18. The Hall–Kier alpha value is -2.13. The zero-order chi connectivity index (χ0) is 15.0. The van der Waals surface area contributed by atoms with Gasteiger partial charge in [-0.25, -0.2) is 4.39 Å². The molecule has 1 heterocycles. The fourth-order valence-corrected chi connectivity index (χ4v) is 2.83. The van der Waals surface area contributed by atoms with E-state index in [1.165, 1.54) is 4.57 Å². The van der Waals surface area contributed by atoms with Crippen molar-refractivity contribution in [3.05, 3.63) is 75.4 Å². The van der Waals surface area contributed by atoms with Gasteiger partial charge in [-0.1, -0.05) is 48.9 Å². The van der Waals surface area contributed by atoms with Crippen molar-refractivity contribution in [1.29, 1.82) is 0 Å². The molecule has 3 aromatic rings. The third-order valence-corrected chi connectivity index (χ3v) is 3.85. The molecule has 0 aliphatic rings. The molecule has 2 nitrogen and oxygen atoms in total. The van der Waals surface area contributed by atoms with Gasteiger partial charge in [-0.3, -0.25) is 9.36 Å². The topological polar surface area (TPSA) is 22.0 Å². The van der Waals surface area contributed by atoms with Crippen LogP contribution in [0.15, 0.2) is 53.3 Å². The molecule has 0 saturated heterocycles. The molecular weight excluding hydrogens is 289 g/mol. The van der Waals surface area contributed by atoms with Gasteiger partial charge in [-0.15, -0.1) is 0 Å². The minimum atomic E-state index is -0.390. The first-order chi connectivity index (χ1) is 10.1. The third kappa shape index (κ3) is 2.14. The number of hydrogen-bond donors (Lipinski definition) is 0. The molecule has 0 fully saturated rings. The predicted octanol–water partition coefficient (Wildman–Crippen LogP) is 4.35. The molecule has 4 heteroatoms. The van der Waals surface area contributed by atoms with E-state index in [4.69, 9.17) is 11.6 Å². The molecular formula is C17H13ClFNO. The molecule has 0 spiro atoms. The third-order valence-electron chi connectivity index (χ3n) is 3.54. The van der Waals surface area contributed by atoms with Crippen LogP contribution in [-0.4, -0.2) is 4.57 Å². The van der Waals surface area contributed by atoms with E-state index < -0.39 is 5.82 Å². The SMILES string of the molecule is CCc1c(F)c2cccc(Cl)c2c(=O)n1-c1ccccc1. The molecule has 0 saturated carbocycles. The highest BCUT2D eigenvalue weighted by atomic mass is 35.5. The predicted molar refractivity (Wildman–Crippen MR) is 83.9 cm³/mol. The van der Waals surface area contributed by atoms with Crippen LogP contribution in [0.4, 0.5) is 4.39 Å². The van der Waals surface area contributed by atoms with Gasteiger partial charge in [0.2, 0.25) is 0 Å². The van der Waals surface area contributed by atoms with Gasteiger partial charge >= 0.3 is 0 Å². The number of benzene rings is 2. The van der Waals surface area contributed by atoms with E-state index in [1.807, 2.05) is 25.1 Å². The van der Waals surface area contributed by atoms with Crippen LogP contribution >= 0.6 is 11.6 Å². The number of aromatic nitrogens is 1. The Bertz CT molecular complexity index is 871. The van der Waals surface area contributed by atoms with Crippen LogP contribution in [-0.2, 0) is 6.42 Å². The molecule has 0 bridgehead atoms. The van der Waals surface area contributed by atoms with Crippen molar-refractivity contribution in [3.8, 4) is 5.69 Å². The quantitative estimate of drug-likeness (QED) is 0.690. The zero-order valence-corrected chi connectivity index (χ0v) is 12.2. The van der Waals surface area contributed by atoms with Crippen LogP contribution in [0.1, 0.15) is 12.6 Å². The first kappa shape index (κ1) is 13.8. The summed E-state index contributed by atoms with van der Waals surface area (Å²) in [6.07, 6.45) is 0.415. The smallest absolute Gasteiger partial charge is 0.264 e. The van der Waals surface area contributed by atoms with Crippen molar-refractivity contribution >= 4 is 22.4 Å². The lowest BCUT2D eigenvalue weighted by molar-refractivity contribution is 0.602. The number of nitrogens with zero attached hydrogens (tertiary/aromatic N) is 1. The Kier molecular flexibility index (Phi) is 3.52. The monoisotopic (exact) mass is 301 g/mol.